The highest BCUT2D eigenvalue weighted by atomic mass is 32.1. The molecule has 1 amide bonds. The quantitative estimate of drug-likeness (QED) is 0.545. The molecule has 0 atom stereocenters. The lowest BCUT2D eigenvalue weighted by Crippen LogP contribution is -2.13. The molecule has 4 rings (SSSR count). The Balaban J connectivity index is 1.82. The molecule has 142 valence electrons. The predicted octanol–water partition coefficient (Wildman–Crippen LogP) is 4.75. The third-order valence-electron chi connectivity index (χ3n) is 4.89. The molecule has 0 saturated carbocycles. The first kappa shape index (κ1) is 18.3. The van der Waals surface area contributed by atoms with Crippen LogP contribution in [-0.4, -0.2) is 25.7 Å². The summed E-state index contributed by atoms with van der Waals surface area (Å²) >= 11 is 1.48. The number of anilines is 1. The van der Waals surface area contributed by atoms with E-state index in [4.69, 9.17) is 4.98 Å². The normalized spacial score (nSPS) is 11.1. The standard InChI is InChI=1S/C21H21N5OS/c1-5-26-13(3)17(11-22-26)19-10-16(15-8-6-7-9-18(15)24-19)20(27)25-21-23-12(2)14(4)28-21/h6-11H,5H2,1-4H3,(H,23,25,27). The molecule has 0 aliphatic rings. The molecule has 6 nitrogen and oxygen atoms in total. The third-order valence-corrected chi connectivity index (χ3v) is 5.88. The van der Waals surface area contributed by atoms with Gasteiger partial charge in [0, 0.05) is 28.1 Å². The lowest BCUT2D eigenvalue weighted by molar-refractivity contribution is 0.102. The molecule has 0 spiro atoms. The van der Waals surface area contributed by atoms with E-state index in [1.807, 2.05) is 62.0 Å². The second-order valence-electron chi connectivity index (χ2n) is 6.65. The zero-order valence-electron chi connectivity index (χ0n) is 16.3. The summed E-state index contributed by atoms with van der Waals surface area (Å²) in [5, 5.41) is 8.78. The number of hydrogen-bond acceptors (Lipinski definition) is 5. The third kappa shape index (κ3) is 3.18. The zero-order valence-corrected chi connectivity index (χ0v) is 17.1. The highest BCUT2D eigenvalue weighted by Crippen LogP contribution is 2.28. The lowest BCUT2D eigenvalue weighted by Gasteiger charge is -2.09. The molecule has 3 heterocycles. The van der Waals surface area contributed by atoms with Crippen LogP contribution in [0.25, 0.3) is 22.2 Å². The van der Waals surface area contributed by atoms with Crippen molar-refractivity contribution in [3.63, 3.8) is 0 Å². The first-order valence-electron chi connectivity index (χ1n) is 9.16. The molecule has 3 aromatic heterocycles. The van der Waals surface area contributed by atoms with E-state index in [0.717, 1.165) is 45.0 Å². The van der Waals surface area contributed by atoms with Crippen LogP contribution in [0.15, 0.2) is 36.5 Å². The minimum Gasteiger partial charge on any atom is -0.298 e. The fourth-order valence-electron chi connectivity index (χ4n) is 3.21. The van der Waals surface area contributed by atoms with Gasteiger partial charge in [-0.3, -0.25) is 14.8 Å². The minimum absolute atomic E-state index is 0.186. The van der Waals surface area contributed by atoms with Gasteiger partial charge in [-0.1, -0.05) is 18.2 Å². The van der Waals surface area contributed by atoms with Gasteiger partial charge in [0.1, 0.15) is 0 Å². The number of aromatic nitrogens is 4. The Bertz CT molecular complexity index is 1170. The summed E-state index contributed by atoms with van der Waals surface area (Å²) in [4.78, 5) is 23.4. The fraction of sp³-hybridized carbons (Fsp3) is 0.238. The highest BCUT2D eigenvalue weighted by molar-refractivity contribution is 7.15. The van der Waals surface area contributed by atoms with Crippen molar-refractivity contribution >= 4 is 33.3 Å². The van der Waals surface area contributed by atoms with Crippen LogP contribution in [0.2, 0.25) is 0 Å². The number of rotatable bonds is 4. The lowest BCUT2D eigenvalue weighted by atomic mass is 10.0. The number of nitrogens with zero attached hydrogens (tertiary/aromatic N) is 4. The molecule has 0 aliphatic carbocycles. The van der Waals surface area contributed by atoms with Crippen molar-refractivity contribution in [2.24, 2.45) is 0 Å². The Hall–Kier alpha value is -3.06. The Morgan fingerprint density at radius 1 is 1.18 bits per heavy atom. The fourth-order valence-corrected chi connectivity index (χ4v) is 4.02. The molecule has 1 aromatic carbocycles. The molecule has 0 radical (unpaired) electrons. The van der Waals surface area contributed by atoms with E-state index in [2.05, 4.69) is 22.3 Å². The number of amides is 1. The number of hydrogen-bond donors (Lipinski definition) is 1. The molecule has 0 saturated heterocycles. The van der Waals surface area contributed by atoms with Crippen molar-refractivity contribution < 1.29 is 4.79 Å². The number of aryl methyl sites for hydroxylation is 3. The number of fused-ring (bicyclic) bond motifs is 1. The number of carbonyl (C=O) groups is 1. The van der Waals surface area contributed by atoms with Crippen LogP contribution in [0.1, 0.15) is 33.5 Å². The average Bonchev–Trinajstić information content (AvgIpc) is 3.21. The summed E-state index contributed by atoms with van der Waals surface area (Å²) in [7, 11) is 0. The van der Waals surface area contributed by atoms with E-state index in [1.165, 1.54) is 11.3 Å². The highest BCUT2D eigenvalue weighted by Gasteiger charge is 2.18. The molecule has 0 unspecified atom stereocenters. The van der Waals surface area contributed by atoms with E-state index in [-0.39, 0.29) is 5.91 Å². The number of nitrogens with one attached hydrogen (secondary N) is 1. The SMILES string of the molecule is CCn1ncc(-c2cc(C(=O)Nc3nc(C)c(C)s3)c3ccccc3n2)c1C. The Kier molecular flexibility index (Phi) is 4.68. The monoisotopic (exact) mass is 391 g/mol. The van der Waals surface area contributed by atoms with Gasteiger partial charge in [-0.2, -0.15) is 5.10 Å². The van der Waals surface area contributed by atoms with Gasteiger partial charge in [0.15, 0.2) is 5.13 Å². The van der Waals surface area contributed by atoms with Gasteiger partial charge in [0.05, 0.1) is 28.7 Å². The van der Waals surface area contributed by atoms with Crippen LogP contribution in [0.4, 0.5) is 5.13 Å². The first-order valence-corrected chi connectivity index (χ1v) is 9.97. The summed E-state index contributed by atoms with van der Waals surface area (Å²) in [5.41, 5.74) is 5.00. The Morgan fingerprint density at radius 2 is 1.96 bits per heavy atom. The van der Waals surface area contributed by atoms with Crippen LogP contribution in [0.5, 0.6) is 0 Å². The molecule has 0 fully saturated rings. The van der Waals surface area contributed by atoms with Crippen molar-refractivity contribution in [3.05, 3.63) is 58.4 Å². The summed E-state index contributed by atoms with van der Waals surface area (Å²) < 4.78 is 1.92. The van der Waals surface area contributed by atoms with E-state index >= 15 is 0 Å². The number of carbonyl (C=O) groups excluding carboxylic acids is 1. The number of thiazole rings is 1. The topological polar surface area (TPSA) is 72.7 Å². The predicted molar refractivity (Wildman–Crippen MR) is 113 cm³/mol. The number of pyridine rings is 1. The first-order chi connectivity index (χ1) is 13.5. The van der Waals surface area contributed by atoms with Crippen LogP contribution >= 0.6 is 11.3 Å². The molecule has 0 bridgehead atoms. The van der Waals surface area contributed by atoms with Crippen molar-refractivity contribution in [3.8, 4) is 11.3 Å². The second-order valence-corrected chi connectivity index (χ2v) is 7.85. The summed E-state index contributed by atoms with van der Waals surface area (Å²) in [6, 6.07) is 9.53. The van der Waals surface area contributed by atoms with Gasteiger partial charge in [0.25, 0.3) is 5.91 Å². The number of benzene rings is 1. The summed E-state index contributed by atoms with van der Waals surface area (Å²) in [6.45, 7) is 8.79. The maximum absolute atomic E-state index is 13.1. The molecule has 28 heavy (non-hydrogen) atoms. The Morgan fingerprint density at radius 3 is 2.64 bits per heavy atom. The van der Waals surface area contributed by atoms with E-state index < -0.39 is 0 Å². The second kappa shape index (κ2) is 7.16. The maximum Gasteiger partial charge on any atom is 0.258 e. The van der Waals surface area contributed by atoms with Crippen LogP contribution in [-0.2, 0) is 6.54 Å². The van der Waals surface area contributed by atoms with Gasteiger partial charge in [-0.25, -0.2) is 9.97 Å². The van der Waals surface area contributed by atoms with E-state index in [1.54, 1.807) is 0 Å². The van der Waals surface area contributed by atoms with E-state index in [0.29, 0.717) is 10.7 Å². The summed E-state index contributed by atoms with van der Waals surface area (Å²) in [6.07, 6.45) is 1.81. The van der Waals surface area contributed by atoms with Crippen molar-refractivity contribution in [2.75, 3.05) is 5.32 Å². The molecule has 1 N–H and O–H groups in total. The average molecular weight is 392 g/mol. The summed E-state index contributed by atoms with van der Waals surface area (Å²) in [5.74, 6) is -0.186. The molecule has 4 aromatic rings. The molecular formula is C21H21N5OS. The van der Waals surface area contributed by atoms with Gasteiger partial charge in [-0.05, 0) is 39.8 Å². The van der Waals surface area contributed by atoms with E-state index in [9.17, 15) is 4.79 Å². The Labute approximate surface area is 167 Å². The largest absolute Gasteiger partial charge is 0.298 e. The van der Waals surface area contributed by atoms with Crippen molar-refractivity contribution in [2.45, 2.75) is 34.2 Å². The van der Waals surface area contributed by atoms with Crippen LogP contribution in [0, 0.1) is 20.8 Å². The van der Waals surface area contributed by atoms with Crippen LogP contribution < -0.4 is 5.32 Å². The molecule has 0 aliphatic heterocycles. The van der Waals surface area contributed by atoms with Gasteiger partial charge in [0.2, 0.25) is 0 Å². The van der Waals surface area contributed by atoms with Crippen molar-refractivity contribution in [1.29, 1.82) is 0 Å². The maximum atomic E-state index is 13.1. The van der Waals surface area contributed by atoms with Gasteiger partial charge in [-0.15, -0.1) is 11.3 Å². The van der Waals surface area contributed by atoms with Gasteiger partial charge >= 0.3 is 0 Å². The zero-order chi connectivity index (χ0) is 19.8. The van der Waals surface area contributed by atoms with Crippen LogP contribution in [0.3, 0.4) is 0 Å². The minimum atomic E-state index is -0.186. The van der Waals surface area contributed by atoms with Gasteiger partial charge < -0.3 is 0 Å². The van der Waals surface area contributed by atoms with Crippen molar-refractivity contribution in [1.82, 2.24) is 19.7 Å². The number of para-hydroxylation sites is 1. The molecule has 7 heteroatoms. The molecular weight excluding hydrogens is 370 g/mol. The smallest absolute Gasteiger partial charge is 0.258 e.